The largest absolute Gasteiger partial charge is 0.396 e. The molecule has 0 amide bonds. The maximum absolute atomic E-state index is 8.78. The first-order valence-electron chi connectivity index (χ1n) is 6.40. The van der Waals surface area contributed by atoms with Gasteiger partial charge in [-0.2, -0.15) is 0 Å². The molecule has 0 aliphatic heterocycles. The summed E-state index contributed by atoms with van der Waals surface area (Å²) in [5, 5.41) is 12.4. The number of aliphatic hydroxyl groups excluding tert-OH is 1. The molecule has 1 rings (SSSR count). The van der Waals surface area contributed by atoms with Gasteiger partial charge in [-0.1, -0.05) is 33.6 Å². The van der Waals surface area contributed by atoms with Crippen LogP contribution in [0.2, 0.25) is 0 Å². The van der Waals surface area contributed by atoms with Gasteiger partial charge in [0, 0.05) is 12.6 Å². The molecule has 0 bridgehead atoms. The van der Waals surface area contributed by atoms with Gasteiger partial charge in [0.15, 0.2) is 0 Å². The zero-order chi connectivity index (χ0) is 11.3. The SMILES string of the molecule is CC(C)(C)[C@@H]1CCCC[C@H]1NCCCO. The zero-order valence-electron chi connectivity index (χ0n) is 10.6. The van der Waals surface area contributed by atoms with Crippen LogP contribution in [0.1, 0.15) is 52.9 Å². The van der Waals surface area contributed by atoms with Crippen molar-refractivity contribution in [1.82, 2.24) is 5.32 Å². The Morgan fingerprint density at radius 3 is 2.47 bits per heavy atom. The number of aliphatic hydroxyl groups is 1. The van der Waals surface area contributed by atoms with Gasteiger partial charge >= 0.3 is 0 Å². The van der Waals surface area contributed by atoms with Crippen LogP contribution in [0.25, 0.3) is 0 Å². The molecule has 0 saturated heterocycles. The van der Waals surface area contributed by atoms with Gasteiger partial charge in [0.25, 0.3) is 0 Å². The molecule has 15 heavy (non-hydrogen) atoms. The van der Waals surface area contributed by atoms with Crippen LogP contribution in [-0.4, -0.2) is 24.3 Å². The lowest BCUT2D eigenvalue weighted by Crippen LogP contribution is -2.44. The highest BCUT2D eigenvalue weighted by molar-refractivity contribution is 4.88. The van der Waals surface area contributed by atoms with E-state index in [9.17, 15) is 0 Å². The van der Waals surface area contributed by atoms with Crippen molar-refractivity contribution < 1.29 is 5.11 Å². The van der Waals surface area contributed by atoms with Crippen LogP contribution in [0.4, 0.5) is 0 Å². The van der Waals surface area contributed by atoms with Crippen molar-refractivity contribution in [1.29, 1.82) is 0 Å². The molecule has 0 heterocycles. The van der Waals surface area contributed by atoms with E-state index in [0.29, 0.717) is 18.1 Å². The molecule has 1 aliphatic rings. The van der Waals surface area contributed by atoms with E-state index >= 15 is 0 Å². The van der Waals surface area contributed by atoms with Crippen molar-refractivity contribution in [3.8, 4) is 0 Å². The molecule has 0 unspecified atom stereocenters. The Kier molecular flexibility index (Phi) is 5.07. The molecule has 0 radical (unpaired) electrons. The van der Waals surface area contributed by atoms with Crippen LogP contribution in [0.15, 0.2) is 0 Å². The fourth-order valence-electron chi connectivity index (χ4n) is 2.78. The summed E-state index contributed by atoms with van der Waals surface area (Å²) in [7, 11) is 0. The minimum absolute atomic E-state index is 0.305. The summed E-state index contributed by atoms with van der Waals surface area (Å²) in [6, 6.07) is 0.672. The van der Waals surface area contributed by atoms with Gasteiger partial charge in [-0.3, -0.25) is 0 Å². The Bertz CT molecular complexity index is 174. The normalized spacial score (nSPS) is 28.0. The van der Waals surface area contributed by atoms with Crippen LogP contribution >= 0.6 is 0 Å². The molecule has 0 spiro atoms. The van der Waals surface area contributed by atoms with Gasteiger partial charge in [-0.25, -0.2) is 0 Å². The fraction of sp³-hybridized carbons (Fsp3) is 1.00. The van der Waals surface area contributed by atoms with Gasteiger partial charge in [-0.05, 0) is 37.1 Å². The van der Waals surface area contributed by atoms with Crippen molar-refractivity contribution >= 4 is 0 Å². The molecule has 2 N–H and O–H groups in total. The maximum atomic E-state index is 8.78. The van der Waals surface area contributed by atoms with E-state index in [1.807, 2.05) is 0 Å². The Labute approximate surface area is 94.5 Å². The van der Waals surface area contributed by atoms with Crippen molar-refractivity contribution in [3.05, 3.63) is 0 Å². The number of rotatable bonds is 4. The predicted octanol–water partition coefficient (Wildman–Crippen LogP) is 2.56. The molecule has 90 valence electrons. The van der Waals surface area contributed by atoms with Crippen LogP contribution in [0.3, 0.4) is 0 Å². The molecule has 1 aliphatic carbocycles. The minimum atomic E-state index is 0.305. The van der Waals surface area contributed by atoms with Crippen LogP contribution in [-0.2, 0) is 0 Å². The summed E-state index contributed by atoms with van der Waals surface area (Å²) in [4.78, 5) is 0. The standard InChI is InChI=1S/C13H27NO/c1-13(2,3)11-7-4-5-8-12(11)14-9-6-10-15/h11-12,14-15H,4-10H2,1-3H3/t11-,12-/m1/s1. The smallest absolute Gasteiger partial charge is 0.0443 e. The maximum Gasteiger partial charge on any atom is 0.0443 e. The summed E-state index contributed by atoms with van der Waals surface area (Å²) in [6.07, 6.45) is 6.31. The summed E-state index contributed by atoms with van der Waals surface area (Å²) >= 11 is 0. The fourth-order valence-corrected chi connectivity index (χ4v) is 2.78. The van der Waals surface area contributed by atoms with Gasteiger partial charge in [0.05, 0.1) is 0 Å². The van der Waals surface area contributed by atoms with Gasteiger partial charge in [-0.15, -0.1) is 0 Å². The average Bonchev–Trinajstić information content (AvgIpc) is 2.17. The zero-order valence-corrected chi connectivity index (χ0v) is 10.6. The lowest BCUT2D eigenvalue weighted by atomic mass is 9.69. The Morgan fingerprint density at radius 1 is 1.20 bits per heavy atom. The molecular weight excluding hydrogens is 186 g/mol. The second-order valence-electron chi connectivity index (χ2n) is 5.89. The summed E-state index contributed by atoms with van der Waals surface area (Å²) < 4.78 is 0. The second-order valence-corrected chi connectivity index (χ2v) is 5.89. The molecule has 0 aromatic rings. The van der Waals surface area contributed by atoms with Gasteiger partial charge in [0.2, 0.25) is 0 Å². The predicted molar refractivity (Wildman–Crippen MR) is 64.9 cm³/mol. The van der Waals surface area contributed by atoms with E-state index in [-0.39, 0.29) is 0 Å². The monoisotopic (exact) mass is 213 g/mol. The van der Waals surface area contributed by atoms with Crippen molar-refractivity contribution in [2.75, 3.05) is 13.2 Å². The van der Waals surface area contributed by atoms with E-state index in [2.05, 4.69) is 26.1 Å². The number of hydrogen-bond donors (Lipinski definition) is 2. The third-order valence-electron chi connectivity index (χ3n) is 3.62. The second kappa shape index (κ2) is 5.86. The van der Waals surface area contributed by atoms with Crippen molar-refractivity contribution in [3.63, 3.8) is 0 Å². The molecule has 2 nitrogen and oxygen atoms in total. The first kappa shape index (κ1) is 13.0. The molecular formula is C13H27NO. The molecule has 2 heteroatoms. The Hall–Kier alpha value is -0.0800. The van der Waals surface area contributed by atoms with Crippen molar-refractivity contribution in [2.24, 2.45) is 11.3 Å². The third kappa shape index (κ3) is 4.12. The molecule has 2 atom stereocenters. The van der Waals surface area contributed by atoms with Crippen molar-refractivity contribution in [2.45, 2.75) is 58.9 Å². The average molecular weight is 213 g/mol. The van der Waals surface area contributed by atoms with E-state index in [4.69, 9.17) is 5.11 Å². The summed E-state index contributed by atoms with van der Waals surface area (Å²) in [5.41, 5.74) is 0.414. The Balaban J connectivity index is 2.43. The lowest BCUT2D eigenvalue weighted by molar-refractivity contribution is 0.129. The third-order valence-corrected chi connectivity index (χ3v) is 3.62. The van der Waals surface area contributed by atoms with E-state index < -0.39 is 0 Å². The van der Waals surface area contributed by atoms with E-state index in [0.717, 1.165) is 18.9 Å². The van der Waals surface area contributed by atoms with E-state index in [1.165, 1.54) is 25.7 Å². The molecule has 1 saturated carbocycles. The highest BCUT2D eigenvalue weighted by Crippen LogP contribution is 2.37. The van der Waals surface area contributed by atoms with Gasteiger partial charge < -0.3 is 10.4 Å². The quantitative estimate of drug-likeness (QED) is 0.703. The van der Waals surface area contributed by atoms with Crippen LogP contribution in [0.5, 0.6) is 0 Å². The highest BCUT2D eigenvalue weighted by Gasteiger charge is 2.33. The number of nitrogens with one attached hydrogen (secondary N) is 1. The summed E-state index contributed by atoms with van der Waals surface area (Å²) in [6.45, 7) is 8.32. The van der Waals surface area contributed by atoms with Gasteiger partial charge in [0.1, 0.15) is 0 Å². The van der Waals surface area contributed by atoms with Crippen LogP contribution < -0.4 is 5.32 Å². The first-order chi connectivity index (χ1) is 7.05. The minimum Gasteiger partial charge on any atom is -0.396 e. The van der Waals surface area contributed by atoms with E-state index in [1.54, 1.807) is 0 Å². The molecule has 0 aromatic carbocycles. The molecule has 0 aromatic heterocycles. The topological polar surface area (TPSA) is 32.3 Å². The van der Waals surface area contributed by atoms with Crippen LogP contribution in [0, 0.1) is 11.3 Å². The highest BCUT2D eigenvalue weighted by atomic mass is 16.3. The Morgan fingerprint density at radius 2 is 1.87 bits per heavy atom. The lowest BCUT2D eigenvalue weighted by Gasteiger charge is -2.41. The summed E-state index contributed by atoms with van der Waals surface area (Å²) in [5.74, 6) is 0.796. The number of hydrogen-bond acceptors (Lipinski definition) is 2. The first-order valence-corrected chi connectivity index (χ1v) is 6.40. The molecule has 1 fully saturated rings.